The van der Waals surface area contributed by atoms with Gasteiger partial charge in [0.1, 0.15) is 0 Å². The number of hydrogen-bond acceptors (Lipinski definition) is 4. The first-order valence-corrected chi connectivity index (χ1v) is 8.56. The fraction of sp³-hybridized carbons (Fsp3) is 0.733. The number of likely N-dealkylation sites (tertiary alicyclic amines) is 1. The number of hydrogen-bond donors (Lipinski definition) is 1. The molecule has 4 nitrogen and oxygen atoms in total. The molecule has 1 saturated carbocycles. The average Bonchev–Trinajstić information content (AvgIpc) is 3.09. The summed E-state index contributed by atoms with van der Waals surface area (Å²) >= 11 is 1.81. The van der Waals surface area contributed by atoms with Gasteiger partial charge >= 0.3 is 0 Å². The summed E-state index contributed by atoms with van der Waals surface area (Å²) in [7, 11) is 0. The summed E-state index contributed by atoms with van der Waals surface area (Å²) in [5.41, 5.74) is 6.60. The first-order valence-electron chi connectivity index (χ1n) is 7.68. The van der Waals surface area contributed by atoms with E-state index in [-0.39, 0.29) is 11.8 Å². The molecule has 1 saturated heterocycles. The van der Waals surface area contributed by atoms with E-state index in [9.17, 15) is 4.79 Å². The summed E-state index contributed by atoms with van der Waals surface area (Å²) in [6, 6.07) is 0. The molecule has 2 heterocycles. The van der Waals surface area contributed by atoms with Gasteiger partial charge in [-0.3, -0.25) is 9.69 Å². The monoisotopic (exact) mass is 293 g/mol. The smallest absolute Gasteiger partial charge is 0.221 e. The van der Waals surface area contributed by atoms with E-state index in [1.165, 1.54) is 36.4 Å². The second kappa shape index (κ2) is 6.22. The molecular formula is C15H23N3OS. The van der Waals surface area contributed by atoms with Crippen LogP contribution in [0, 0.1) is 5.92 Å². The molecule has 2 aliphatic rings. The minimum atomic E-state index is -0.153. The second-order valence-electron chi connectivity index (χ2n) is 6.14. The number of primary amides is 1. The van der Waals surface area contributed by atoms with Crippen molar-refractivity contribution in [1.82, 2.24) is 9.88 Å². The van der Waals surface area contributed by atoms with Crippen molar-refractivity contribution in [3.05, 3.63) is 16.1 Å². The second-order valence-corrected chi connectivity index (χ2v) is 7.02. The maximum Gasteiger partial charge on any atom is 0.221 e. The quantitative estimate of drug-likeness (QED) is 0.928. The van der Waals surface area contributed by atoms with E-state index in [0.29, 0.717) is 5.92 Å². The van der Waals surface area contributed by atoms with Gasteiger partial charge in [-0.2, -0.15) is 0 Å². The SMILES string of the molecule is NC(=O)C1CCCN(Cc2csc(C3CCCC3)n2)C1. The Bertz CT molecular complexity index is 467. The summed E-state index contributed by atoms with van der Waals surface area (Å²) in [4.78, 5) is 18.5. The first kappa shape index (κ1) is 14.0. The van der Waals surface area contributed by atoms with E-state index in [1.54, 1.807) is 0 Å². The first-order chi connectivity index (χ1) is 9.72. The fourth-order valence-corrected chi connectivity index (χ4v) is 4.40. The maximum absolute atomic E-state index is 11.3. The number of rotatable bonds is 4. The number of piperidine rings is 1. The molecule has 1 atom stereocenters. The van der Waals surface area contributed by atoms with Crippen LogP contribution >= 0.6 is 11.3 Å². The Morgan fingerprint density at radius 3 is 2.90 bits per heavy atom. The lowest BCUT2D eigenvalue weighted by Gasteiger charge is -2.30. The van der Waals surface area contributed by atoms with Gasteiger partial charge in [0.2, 0.25) is 5.91 Å². The van der Waals surface area contributed by atoms with Gasteiger partial charge in [-0.05, 0) is 32.2 Å². The van der Waals surface area contributed by atoms with Gasteiger partial charge in [0.15, 0.2) is 0 Å². The summed E-state index contributed by atoms with van der Waals surface area (Å²) < 4.78 is 0. The molecule has 0 radical (unpaired) electrons. The molecule has 20 heavy (non-hydrogen) atoms. The van der Waals surface area contributed by atoms with Crippen molar-refractivity contribution in [2.24, 2.45) is 11.7 Å². The van der Waals surface area contributed by atoms with Crippen LogP contribution in [0.3, 0.4) is 0 Å². The third kappa shape index (κ3) is 3.20. The zero-order valence-corrected chi connectivity index (χ0v) is 12.7. The Balaban J connectivity index is 1.58. The molecule has 2 N–H and O–H groups in total. The number of nitrogens with zero attached hydrogens (tertiary/aromatic N) is 2. The molecule has 1 aliphatic heterocycles. The lowest BCUT2D eigenvalue weighted by molar-refractivity contribution is -0.123. The van der Waals surface area contributed by atoms with Crippen LogP contribution in [0.5, 0.6) is 0 Å². The Kier molecular flexibility index (Phi) is 4.36. The van der Waals surface area contributed by atoms with E-state index >= 15 is 0 Å². The van der Waals surface area contributed by atoms with E-state index in [0.717, 1.165) is 32.5 Å². The highest BCUT2D eigenvalue weighted by atomic mass is 32.1. The Morgan fingerprint density at radius 2 is 2.15 bits per heavy atom. The number of aromatic nitrogens is 1. The van der Waals surface area contributed by atoms with Gasteiger partial charge in [0, 0.05) is 24.4 Å². The molecular weight excluding hydrogens is 270 g/mol. The van der Waals surface area contributed by atoms with Crippen molar-refractivity contribution in [1.29, 1.82) is 0 Å². The molecule has 1 aromatic heterocycles. The van der Waals surface area contributed by atoms with Crippen LogP contribution in [0.4, 0.5) is 0 Å². The zero-order valence-electron chi connectivity index (χ0n) is 11.9. The minimum absolute atomic E-state index is 0.0247. The normalized spacial score (nSPS) is 25.1. The van der Waals surface area contributed by atoms with Crippen LogP contribution in [0.2, 0.25) is 0 Å². The highest BCUT2D eigenvalue weighted by Gasteiger charge is 2.25. The van der Waals surface area contributed by atoms with Gasteiger partial charge in [0.05, 0.1) is 16.6 Å². The molecule has 0 spiro atoms. The van der Waals surface area contributed by atoms with Crippen molar-refractivity contribution in [2.75, 3.05) is 13.1 Å². The van der Waals surface area contributed by atoms with Crippen molar-refractivity contribution in [2.45, 2.75) is 51.0 Å². The van der Waals surface area contributed by atoms with Crippen LogP contribution in [0.1, 0.15) is 55.1 Å². The highest BCUT2D eigenvalue weighted by Crippen LogP contribution is 2.35. The fourth-order valence-electron chi connectivity index (χ4n) is 3.42. The van der Waals surface area contributed by atoms with Crippen molar-refractivity contribution >= 4 is 17.2 Å². The topological polar surface area (TPSA) is 59.2 Å². The summed E-state index contributed by atoms with van der Waals surface area (Å²) in [6.45, 7) is 2.72. The van der Waals surface area contributed by atoms with Crippen LogP contribution in [-0.4, -0.2) is 28.9 Å². The molecule has 0 aromatic carbocycles. The number of thiazole rings is 1. The van der Waals surface area contributed by atoms with Crippen LogP contribution in [0.15, 0.2) is 5.38 Å². The Labute approximate surface area is 124 Å². The number of amides is 1. The summed E-state index contributed by atoms with van der Waals surface area (Å²) in [5.74, 6) is 0.574. The molecule has 110 valence electrons. The third-order valence-electron chi connectivity index (χ3n) is 4.57. The summed E-state index contributed by atoms with van der Waals surface area (Å²) in [5, 5.41) is 3.52. The molecule has 1 amide bonds. The molecule has 2 fully saturated rings. The standard InChI is InChI=1S/C15H23N3OS/c16-14(19)12-6-3-7-18(8-12)9-13-10-20-15(17-13)11-4-1-2-5-11/h10-12H,1-9H2,(H2,16,19). The highest BCUT2D eigenvalue weighted by molar-refractivity contribution is 7.09. The largest absolute Gasteiger partial charge is 0.369 e. The molecule has 1 unspecified atom stereocenters. The predicted octanol–water partition coefficient (Wildman–Crippen LogP) is 2.50. The van der Waals surface area contributed by atoms with Crippen LogP contribution < -0.4 is 5.73 Å². The predicted molar refractivity (Wildman–Crippen MR) is 80.5 cm³/mol. The Morgan fingerprint density at radius 1 is 1.35 bits per heavy atom. The Hall–Kier alpha value is -0.940. The summed E-state index contributed by atoms with van der Waals surface area (Å²) in [6.07, 6.45) is 7.32. The average molecular weight is 293 g/mol. The maximum atomic E-state index is 11.3. The minimum Gasteiger partial charge on any atom is -0.369 e. The number of carbonyl (C=O) groups is 1. The molecule has 5 heteroatoms. The van der Waals surface area contributed by atoms with E-state index in [4.69, 9.17) is 10.7 Å². The third-order valence-corrected chi connectivity index (χ3v) is 5.62. The van der Waals surface area contributed by atoms with E-state index in [1.807, 2.05) is 11.3 Å². The molecule has 1 aliphatic carbocycles. The van der Waals surface area contributed by atoms with Gasteiger partial charge in [-0.1, -0.05) is 12.8 Å². The van der Waals surface area contributed by atoms with Gasteiger partial charge in [-0.25, -0.2) is 4.98 Å². The van der Waals surface area contributed by atoms with Crippen molar-refractivity contribution in [3.63, 3.8) is 0 Å². The zero-order chi connectivity index (χ0) is 13.9. The van der Waals surface area contributed by atoms with Gasteiger partial charge in [-0.15, -0.1) is 11.3 Å². The number of carbonyl (C=O) groups excluding carboxylic acids is 1. The molecule has 0 bridgehead atoms. The number of nitrogens with two attached hydrogens (primary N) is 1. The lowest BCUT2D eigenvalue weighted by Crippen LogP contribution is -2.40. The lowest BCUT2D eigenvalue weighted by atomic mass is 9.97. The molecule has 1 aromatic rings. The van der Waals surface area contributed by atoms with E-state index in [2.05, 4.69) is 10.3 Å². The van der Waals surface area contributed by atoms with E-state index < -0.39 is 0 Å². The van der Waals surface area contributed by atoms with Crippen molar-refractivity contribution in [3.8, 4) is 0 Å². The van der Waals surface area contributed by atoms with Crippen LogP contribution in [-0.2, 0) is 11.3 Å². The van der Waals surface area contributed by atoms with Crippen LogP contribution in [0.25, 0.3) is 0 Å². The molecule has 3 rings (SSSR count). The van der Waals surface area contributed by atoms with Crippen molar-refractivity contribution < 1.29 is 4.79 Å². The van der Waals surface area contributed by atoms with Gasteiger partial charge < -0.3 is 5.73 Å². The van der Waals surface area contributed by atoms with Gasteiger partial charge in [0.25, 0.3) is 0 Å².